The number of aryl methyl sites for hydroxylation is 1. The Kier molecular flexibility index (Phi) is 6.10. The second-order valence-corrected chi connectivity index (χ2v) is 7.13. The lowest BCUT2D eigenvalue weighted by Crippen LogP contribution is -2.32. The molecule has 1 fully saturated rings. The van der Waals surface area contributed by atoms with Gasteiger partial charge >= 0.3 is 0 Å². The number of hydrogen-bond donors (Lipinski definition) is 2. The lowest BCUT2D eigenvalue weighted by atomic mass is 9.82. The Morgan fingerprint density at radius 2 is 1.81 bits per heavy atom. The minimum Gasteiger partial charge on any atom is -0.508 e. The van der Waals surface area contributed by atoms with E-state index in [0.717, 1.165) is 31.2 Å². The summed E-state index contributed by atoms with van der Waals surface area (Å²) in [5, 5.41) is 12.3. The molecular weight excluding hydrogens is 328 g/mol. The topological polar surface area (TPSA) is 71.5 Å². The summed E-state index contributed by atoms with van der Waals surface area (Å²) in [6.07, 6.45) is 6.26. The van der Waals surface area contributed by atoms with E-state index in [0.29, 0.717) is 36.4 Å². The number of hydrogen-bond acceptors (Lipinski definition) is 4. The zero-order valence-electron chi connectivity index (χ0n) is 15.1. The van der Waals surface area contributed by atoms with Crippen LogP contribution in [0.1, 0.15) is 41.6 Å². The Balaban J connectivity index is 1.36. The summed E-state index contributed by atoms with van der Waals surface area (Å²) in [6.45, 7) is 3.42. The minimum atomic E-state index is -0.0825. The van der Waals surface area contributed by atoms with Crippen LogP contribution in [0.25, 0.3) is 0 Å². The largest absolute Gasteiger partial charge is 0.508 e. The summed E-state index contributed by atoms with van der Waals surface area (Å²) in [7, 11) is 0. The van der Waals surface area contributed by atoms with Crippen LogP contribution < -0.4 is 10.1 Å². The number of carbonyl (C=O) groups is 1. The van der Waals surface area contributed by atoms with Gasteiger partial charge in [0.1, 0.15) is 5.75 Å². The van der Waals surface area contributed by atoms with E-state index in [2.05, 4.69) is 10.3 Å². The van der Waals surface area contributed by atoms with E-state index in [-0.39, 0.29) is 11.7 Å². The summed E-state index contributed by atoms with van der Waals surface area (Å²) in [5.41, 5.74) is 1.71. The van der Waals surface area contributed by atoms with Gasteiger partial charge in [0.05, 0.1) is 6.61 Å². The van der Waals surface area contributed by atoms with Crippen LogP contribution in [0.3, 0.4) is 0 Å². The number of benzene rings is 1. The normalized spacial score (nSPS) is 19.7. The quantitative estimate of drug-likeness (QED) is 0.829. The molecule has 1 aromatic carbocycles. The number of nitrogens with zero attached hydrogens (tertiary/aromatic N) is 1. The summed E-state index contributed by atoms with van der Waals surface area (Å²) in [5.74, 6) is 1.86. The highest BCUT2D eigenvalue weighted by atomic mass is 16.5. The molecule has 0 spiro atoms. The van der Waals surface area contributed by atoms with Crippen molar-refractivity contribution in [2.75, 3.05) is 13.2 Å². The van der Waals surface area contributed by atoms with Gasteiger partial charge < -0.3 is 15.2 Å². The Labute approximate surface area is 154 Å². The molecule has 0 bridgehead atoms. The number of pyridine rings is 1. The van der Waals surface area contributed by atoms with E-state index in [1.54, 1.807) is 12.1 Å². The van der Waals surface area contributed by atoms with Gasteiger partial charge in [-0.15, -0.1) is 0 Å². The lowest BCUT2D eigenvalue weighted by molar-refractivity contribution is 0.0938. The SMILES string of the molecule is Cc1ccc(OCC2CCC(CNC(=O)c3ccc(O)cc3)CC2)nc1. The van der Waals surface area contributed by atoms with E-state index < -0.39 is 0 Å². The highest BCUT2D eigenvalue weighted by Crippen LogP contribution is 2.29. The number of phenolic OH excluding ortho intramolecular Hbond substituents is 1. The highest BCUT2D eigenvalue weighted by Gasteiger charge is 2.22. The van der Waals surface area contributed by atoms with Crippen molar-refractivity contribution in [1.82, 2.24) is 10.3 Å². The predicted molar refractivity (Wildman–Crippen MR) is 100 cm³/mol. The molecule has 5 nitrogen and oxygen atoms in total. The lowest BCUT2D eigenvalue weighted by Gasteiger charge is -2.28. The maximum Gasteiger partial charge on any atom is 0.251 e. The molecule has 2 N–H and O–H groups in total. The van der Waals surface area contributed by atoms with Crippen LogP contribution in [0.5, 0.6) is 11.6 Å². The number of aromatic nitrogens is 1. The van der Waals surface area contributed by atoms with E-state index >= 15 is 0 Å². The molecule has 1 aromatic heterocycles. The van der Waals surface area contributed by atoms with Crippen LogP contribution in [0.15, 0.2) is 42.6 Å². The minimum absolute atomic E-state index is 0.0825. The first kappa shape index (κ1) is 18.2. The molecule has 1 heterocycles. The predicted octanol–water partition coefficient (Wildman–Crippen LogP) is 3.71. The smallest absolute Gasteiger partial charge is 0.251 e. The molecule has 1 saturated carbocycles. The second kappa shape index (κ2) is 8.70. The third-order valence-electron chi connectivity index (χ3n) is 5.00. The van der Waals surface area contributed by atoms with Gasteiger partial charge in [-0.2, -0.15) is 0 Å². The maximum atomic E-state index is 12.1. The Morgan fingerprint density at radius 3 is 2.46 bits per heavy atom. The molecule has 0 aliphatic heterocycles. The molecule has 26 heavy (non-hydrogen) atoms. The number of rotatable bonds is 6. The van der Waals surface area contributed by atoms with Crippen molar-refractivity contribution in [1.29, 1.82) is 0 Å². The van der Waals surface area contributed by atoms with Crippen molar-refractivity contribution in [3.8, 4) is 11.6 Å². The average Bonchev–Trinajstić information content (AvgIpc) is 2.67. The molecule has 1 aliphatic carbocycles. The molecule has 0 saturated heterocycles. The molecular formula is C21H26N2O3. The number of phenols is 1. The van der Waals surface area contributed by atoms with Gasteiger partial charge in [0.2, 0.25) is 5.88 Å². The van der Waals surface area contributed by atoms with Crippen LogP contribution in [0, 0.1) is 18.8 Å². The van der Waals surface area contributed by atoms with Crippen LogP contribution >= 0.6 is 0 Å². The number of ether oxygens (including phenoxy) is 1. The standard InChI is InChI=1S/C21H26N2O3/c1-15-2-11-20(22-12-15)26-14-17-5-3-16(4-6-17)13-23-21(25)18-7-9-19(24)10-8-18/h2,7-12,16-17,24H,3-6,13-14H2,1H3,(H,23,25). The first-order valence-corrected chi connectivity index (χ1v) is 9.23. The van der Waals surface area contributed by atoms with Crippen LogP contribution in [0.2, 0.25) is 0 Å². The molecule has 0 radical (unpaired) electrons. The van der Waals surface area contributed by atoms with Gasteiger partial charge in [-0.25, -0.2) is 4.98 Å². The number of nitrogens with one attached hydrogen (secondary N) is 1. The van der Waals surface area contributed by atoms with Crippen LogP contribution in [0.4, 0.5) is 0 Å². The first-order valence-electron chi connectivity index (χ1n) is 9.23. The van der Waals surface area contributed by atoms with Crippen molar-refractivity contribution in [2.24, 2.45) is 11.8 Å². The molecule has 3 rings (SSSR count). The Bertz CT molecular complexity index is 705. The molecule has 138 valence electrons. The van der Waals surface area contributed by atoms with E-state index in [1.807, 2.05) is 25.3 Å². The van der Waals surface area contributed by atoms with E-state index in [1.165, 1.54) is 12.1 Å². The van der Waals surface area contributed by atoms with Gasteiger partial charge in [-0.3, -0.25) is 4.79 Å². The fourth-order valence-electron chi connectivity index (χ4n) is 3.30. The molecule has 0 atom stereocenters. The third kappa shape index (κ3) is 5.22. The Morgan fingerprint density at radius 1 is 1.12 bits per heavy atom. The third-order valence-corrected chi connectivity index (χ3v) is 5.00. The van der Waals surface area contributed by atoms with Crippen molar-refractivity contribution in [2.45, 2.75) is 32.6 Å². The van der Waals surface area contributed by atoms with Crippen molar-refractivity contribution < 1.29 is 14.6 Å². The summed E-state index contributed by atoms with van der Waals surface area (Å²) in [6, 6.07) is 10.3. The van der Waals surface area contributed by atoms with Crippen molar-refractivity contribution in [3.05, 3.63) is 53.7 Å². The summed E-state index contributed by atoms with van der Waals surface area (Å²) in [4.78, 5) is 16.4. The first-order chi connectivity index (χ1) is 12.6. The Hall–Kier alpha value is -2.56. The zero-order valence-corrected chi connectivity index (χ0v) is 15.1. The van der Waals surface area contributed by atoms with E-state index in [4.69, 9.17) is 4.74 Å². The van der Waals surface area contributed by atoms with Gasteiger partial charge in [-0.05, 0) is 74.3 Å². The molecule has 5 heteroatoms. The number of carbonyl (C=O) groups excluding carboxylic acids is 1. The van der Waals surface area contributed by atoms with Crippen molar-refractivity contribution in [3.63, 3.8) is 0 Å². The number of aromatic hydroxyl groups is 1. The fourth-order valence-corrected chi connectivity index (χ4v) is 3.30. The van der Waals surface area contributed by atoms with Crippen LogP contribution in [-0.2, 0) is 0 Å². The average molecular weight is 354 g/mol. The summed E-state index contributed by atoms with van der Waals surface area (Å²) >= 11 is 0. The maximum absolute atomic E-state index is 12.1. The summed E-state index contributed by atoms with van der Waals surface area (Å²) < 4.78 is 5.80. The fraction of sp³-hybridized carbons (Fsp3) is 0.429. The zero-order chi connectivity index (χ0) is 18.4. The van der Waals surface area contributed by atoms with Crippen molar-refractivity contribution >= 4 is 5.91 Å². The van der Waals surface area contributed by atoms with Gasteiger partial charge in [-0.1, -0.05) is 6.07 Å². The molecule has 2 aromatic rings. The van der Waals surface area contributed by atoms with Crippen LogP contribution in [-0.4, -0.2) is 29.1 Å². The highest BCUT2D eigenvalue weighted by molar-refractivity contribution is 5.94. The molecule has 1 aliphatic rings. The van der Waals surface area contributed by atoms with Gasteiger partial charge in [0.25, 0.3) is 5.91 Å². The monoisotopic (exact) mass is 354 g/mol. The van der Waals surface area contributed by atoms with Gasteiger partial charge in [0.15, 0.2) is 0 Å². The number of amides is 1. The second-order valence-electron chi connectivity index (χ2n) is 7.13. The van der Waals surface area contributed by atoms with E-state index in [9.17, 15) is 9.90 Å². The molecule has 1 amide bonds. The van der Waals surface area contributed by atoms with Gasteiger partial charge in [0, 0.05) is 24.4 Å². The molecule has 0 unspecified atom stereocenters.